The van der Waals surface area contributed by atoms with E-state index in [0.29, 0.717) is 18.2 Å². The number of ketones is 1. The van der Waals surface area contributed by atoms with Crippen molar-refractivity contribution >= 4 is 33.1 Å². The second kappa shape index (κ2) is 9.13. The molecule has 4 rings (SSSR count). The van der Waals surface area contributed by atoms with Crippen LogP contribution in [-0.4, -0.2) is 32.6 Å². The average molecular weight is 488 g/mol. The van der Waals surface area contributed by atoms with Gasteiger partial charge in [0, 0.05) is 46.2 Å². The third-order valence-electron chi connectivity index (χ3n) is 6.00. The van der Waals surface area contributed by atoms with Crippen molar-refractivity contribution in [2.75, 3.05) is 17.9 Å². The minimum atomic E-state index is -3.95. The molecule has 0 bridgehead atoms. The lowest BCUT2D eigenvalue weighted by Crippen LogP contribution is -2.30. The predicted molar refractivity (Wildman–Crippen MR) is 123 cm³/mol. The number of benzene rings is 2. The zero-order valence-corrected chi connectivity index (χ0v) is 19.6. The Bertz CT molecular complexity index is 1270. The van der Waals surface area contributed by atoms with Crippen molar-refractivity contribution in [3.8, 4) is 0 Å². The van der Waals surface area contributed by atoms with E-state index in [1.54, 1.807) is 12.1 Å². The first-order valence-corrected chi connectivity index (χ1v) is 12.3. The molecule has 0 radical (unpaired) electrons. The Morgan fingerprint density at radius 3 is 2.33 bits per heavy atom. The zero-order valence-electron chi connectivity index (χ0n) is 18.0. The van der Waals surface area contributed by atoms with Crippen LogP contribution in [0.3, 0.4) is 0 Å². The van der Waals surface area contributed by atoms with Crippen LogP contribution in [0.5, 0.6) is 0 Å². The van der Waals surface area contributed by atoms with Crippen LogP contribution in [0.25, 0.3) is 0 Å². The molecule has 0 atom stereocenters. The SMILES string of the molecule is CC1(c2ccc(S(=O)(=O)Nc3ccc(Cl)cc3C(=O)c3cc[n+](O)cc3)cc2)CCOCC1. The third kappa shape index (κ3) is 5.03. The van der Waals surface area contributed by atoms with E-state index in [9.17, 15) is 18.4 Å². The van der Waals surface area contributed by atoms with E-state index in [4.69, 9.17) is 16.3 Å². The summed E-state index contributed by atoms with van der Waals surface area (Å²) in [5, 5.41) is 9.69. The number of nitrogens with one attached hydrogen (secondary N) is 1. The van der Waals surface area contributed by atoms with Crippen LogP contribution >= 0.6 is 11.6 Å². The third-order valence-corrected chi connectivity index (χ3v) is 7.62. The van der Waals surface area contributed by atoms with Crippen molar-refractivity contribution in [3.63, 3.8) is 0 Å². The van der Waals surface area contributed by atoms with Crippen LogP contribution in [0, 0.1) is 0 Å². The smallest absolute Gasteiger partial charge is 0.261 e. The molecule has 1 fully saturated rings. The van der Waals surface area contributed by atoms with Gasteiger partial charge in [-0.15, -0.1) is 0 Å². The molecule has 7 nitrogen and oxygen atoms in total. The number of pyridine rings is 1. The van der Waals surface area contributed by atoms with Gasteiger partial charge in [0.25, 0.3) is 10.0 Å². The van der Waals surface area contributed by atoms with Gasteiger partial charge in [-0.25, -0.2) is 8.42 Å². The topological polar surface area (TPSA) is 96.6 Å². The Kier molecular flexibility index (Phi) is 6.43. The molecule has 0 unspecified atom stereocenters. The number of aromatic nitrogens is 1. The number of hydrogen-bond donors (Lipinski definition) is 2. The number of sulfonamides is 1. The first kappa shape index (κ1) is 23.2. The van der Waals surface area contributed by atoms with Gasteiger partial charge in [0.1, 0.15) is 0 Å². The molecule has 1 aliphatic rings. The van der Waals surface area contributed by atoms with Gasteiger partial charge < -0.3 is 4.74 Å². The molecule has 1 saturated heterocycles. The molecule has 33 heavy (non-hydrogen) atoms. The Morgan fingerprint density at radius 1 is 1.06 bits per heavy atom. The minimum absolute atomic E-state index is 0.0495. The van der Waals surface area contributed by atoms with Crippen LogP contribution in [0.4, 0.5) is 5.69 Å². The summed E-state index contributed by atoms with van der Waals surface area (Å²) in [6.45, 7) is 3.53. The zero-order chi connectivity index (χ0) is 23.6. The Labute approximate surface area is 197 Å². The highest BCUT2D eigenvalue weighted by atomic mass is 35.5. The first-order valence-electron chi connectivity index (χ1n) is 10.4. The Balaban J connectivity index is 1.62. The number of ether oxygens (including phenoxy) is 1. The van der Waals surface area contributed by atoms with Crippen molar-refractivity contribution in [2.24, 2.45) is 0 Å². The van der Waals surface area contributed by atoms with E-state index >= 15 is 0 Å². The van der Waals surface area contributed by atoms with Gasteiger partial charge in [-0.3, -0.25) is 14.7 Å². The summed E-state index contributed by atoms with van der Waals surface area (Å²) in [6, 6.07) is 14.1. The molecular weight excluding hydrogens is 464 g/mol. The van der Waals surface area contributed by atoms with Crippen molar-refractivity contribution in [1.29, 1.82) is 0 Å². The van der Waals surface area contributed by atoms with E-state index in [0.717, 1.165) is 23.1 Å². The van der Waals surface area contributed by atoms with E-state index in [-0.39, 0.29) is 27.1 Å². The van der Waals surface area contributed by atoms with Gasteiger partial charge >= 0.3 is 0 Å². The van der Waals surface area contributed by atoms with E-state index in [1.807, 2.05) is 12.1 Å². The number of carbonyl (C=O) groups is 1. The maximum absolute atomic E-state index is 13.1. The minimum Gasteiger partial charge on any atom is -0.381 e. The van der Waals surface area contributed by atoms with Crippen LogP contribution in [0.15, 0.2) is 71.9 Å². The number of rotatable bonds is 6. The Morgan fingerprint density at radius 2 is 1.70 bits per heavy atom. The molecule has 0 aliphatic carbocycles. The van der Waals surface area contributed by atoms with Crippen molar-refractivity contribution in [1.82, 2.24) is 0 Å². The largest absolute Gasteiger partial charge is 0.381 e. The van der Waals surface area contributed by atoms with Gasteiger partial charge in [-0.1, -0.05) is 30.7 Å². The molecule has 2 N–H and O–H groups in total. The summed E-state index contributed by atoms with van der Waals surface area (Å²) in [4.78, 5) is 13.1. The van der Waals surface area contributed by atoms with Crippen LogP contribution in [0.1, 0.15) is 41.3 Å². The molecule has 0 amide bonds. The molecule has 1 aromatic heterocycles. The highest BCUT2D eigenvalue weighted by molar-refractivity contribution is 7.92. The average Bonchev–Trinajstić information content (AvgIpc) is 2.81. The number of nitrogens with zero attached hydrogens (tertiary/aromatic N) is 1. The quantitative estimate of drug-likeness (QED) is 0.311. The highest BCUT2D eigenvalue weighted by Crippen LogP contribution is 2.35. The van der Waals surface area contributed by atoms with Crippen molar-refractivity contribution < 1.29 is 27.9 Å². The second-order valence-electron chi connectivity index (χ2n) is 8.29. The standard InChI is InChI=1S/C24H23ClN2O5S/c1-24(10-14-32-15-11-24)18-2-5-20(6-3-18)33(30,31)26-22-7-4-19(25)16-21(22)23(28)17-8-12-27(29)13-9-17/h2-9,12-13,16H,10-11,14-15H2,1H3,(H-,26,28,29)/p+1. The molecule has 0 saturated carbocycles. The molecule has 2 aromatic carbocycles. The Hall–Kier alpha value is -2.94. The molecule has 1 aliphatic heterocycles. The van der Waals surface area contributed by atoms with Crippen LogP contribution in [0.2, 0.25) is 5.02 Å². The van der Waals surface area contributed by atoms with Crippen LogP contribution in [-0.2, 0) is 20.2 Å². The number of halogens is 1. The van der Waals surface area contributed by atoms with Gasteiger partial charge in [0.05, 0.1) is 10.6 Å². The number of carbonyl (C=O) groups excluding carboxylic acids is 1. The van der Waals surface area contributed by atoms with E-state index in [2.05, 4.69) is 11.6 Å². The van der Waals surface area contributed by atoms with Gasteiger partial charge in [-0.2, -0.15) is 0 Å². The molecule has 9 heteroatoms. The molecular formula is C24H24ClN2O5S+. The van der Waals surface area contributed by atoms with Crippen molar-refractivity contribution in [2.45, 2.75) is 30.1 Å². The molecule has 0 spiro atoms. The summed E-state index contributed by atoms with van der Waals surface area (Å²) in [5.41, 5.74) is 1.51. The molecule has 3 aromatic rings. The van der Waals surface area contributed by atoms with E-state index in [1.165, 1.54) is 42.7 Å². The number of hydrogen-bond acceptors (Lipinski definition) is 5. The highest BCUT2D eigenvalue weighted by Gasteiger charge is 2.30. The molecule has 172 valence electrons. The molecule has 2 heterocycles. The van der Waals surface area contributed by atoms with Gasteiger partial charge in [0.2, 0.25) is 12.4 Å². The predicted octanol–water partition coefficient (Wildman–Crippen LogP) is 3.96. The van der Waals surface area contributed by atoms with Crippen LogP contribution < -0.4 is 9.45 Å². The summed E-state index contributed by atoms with van der Waals surface area (Å²) >= 11 is 6.08. The summed E-state index contributed by atoms with van der Waals surface area (Å²) in [7, 11) is -3.95. The fraction of sp³-hybridized carbons (Fsp3) is 0.250. The maximum Gasteiger partial charge on any atom is 0.261 e. The monoisotopic (exact) mass is 487 g/mol. The maximum atomic E-state index is 13.1. The summed E-state index contributed by atoms with van der Waals surface area (Å²) in [5.74, 6) is -0.432. The first-order chi connectivity index (χ1) is 15.7. The van der Waals surface area contributed by atoms with E-state index < -0.39 is 15.8 Å². The lowest BCUT2D eigenvalue weighted by molar-refractivity contribution is -0.904. The fourth-order valence-corrected chi connectivity index (χ4v) is 5.12. The summed E-state index contributed by atoms with van der Waals surface area (Å²) < 4.78 is 35.0. The lowest BCUT2D eigenvalue weighted by Gasteiger charge is -2.34. The second-order valence-corrected chi connectivity index (χ2v) is 10.4. The lowest BCUT2D eigenvalue weighted by atomic mass is 9.76. The normalized spacial score (nSPS) is 15.7. The van der Waals surface area contributed by atoms with Crippen molar-refractivity contribution in [3.05, 3.63) is 88.7 Å². The van der Waals surface area contributed by atoms with Gasteiger partial charge in [0.15, 0.2) is 5.78 Å². The van der Waals surface area contributed by atoms with Gasteiger partial charge in [-0.05, 0) is 54.2 Å². The fourth-order valence-electron chi connectivity index (χ4n) is 3.87. The summed E-state index contributed by atoms with van der Waals surface area (Å²) in [6.07, 6.45) is 4.37. The number of anilines is 1.